The monoisotopic (exact) mass is 545 g/mol. The third-order valence-electron chi connectivity index (χ3n) is 5.37. The van der Waals surface area contributed by atoms with Gasteiger partial charge in [0.15, 0.2) is 0 Å². The third kappa shape index (κ3) is 6.13. The number of aliphatic hydroxyl groups is 1. The normalized spacial score (nSPS) is 25.2. The Balaban J connectivity index is 2.00. The molecule has 0 heterocycles. The summed E-state index contributed by atoms with van der Waals surface area (Å²) >= 11 is 18.9. The zero-order valence-electron chi connectivity index (χ0n) is 36.1. The van der Waals surface area contributed by atoms with E-state index >= 15 is 0 Å². The molecule has 0 bridgehead atoms. The van der Waals surface area contributed by atoms with E-state index in [0.29, 0.717) is 37.9 Å². The lowest BCUT2D eigenvalue weighted by Crippen LogP contribution is -2.31. The van der Waals surface area contributed by atoms with Crippen molar-refractivity contribution < 1.29 is 29.8 Å². The number of nitrogens with zero attached hydrogens (tertiary/aromatic N) is 1. The first-order valence-corrected chi connectivity index (χ1v) is 11.5. The Labute approximate surface area is 249 Å². The average molecular weight is 547 g/mol. The number of halogens is 3. The molecule has 0 spiro atoms. The van der Waals surface area contributed by atoms with Gasteiger partial charge >= 0.3 is 0 Å². The summed E-state index contributed by atoms with van der Waals surface area (Å²) in [6, 6.07) is 14.2. The molecule has 184 valence electrons. The maximum Gasteiger partial charge on any atom is 0.0923 e. The van der Waals surface area contributed by atoms with E-state index in [0.717, 1.165) is 0 Å². The highest BCUT2D eigenvalue weighted by Crippen LogP contribution is 2.50. The van der Waals surface area contributed by atoms with Crippen molar-refractivity contribution >= 4 is 46.5 Å². The van der Waals surface area contributed by atoms with E-state index in [4.69, 9.17) is 59.5 Å². The Hall–Kier alpha value is -1.81. The third-order valence-corrected chi connectivity index (χ3v) is 6.07. The standard InChI is InChI=1S/C30H32Cl3NO/c1-3-5-13-34(14-6-4-2)19-29(35)28-18-23(33)17-27-25(15-20-7-9-21(31)10-8-20)26-16-22(32)11-12-24(26)30(27)28/h7-12,15-18,29,35H,3-6,13-14,19H2,1-2H3/b25-15-/i1D3,2D3,3D2,4D2,5D2,6D2,13D2,14D2. The molecule has 0 fully saturated rings. The molecular formula is C30H32Cl3NO. The van der Waals surface area contributed by atoms with Crippen LogP contribution in [0.5, 0.6) is 0 Å². The number of hydrogen-bond donors (Lipinski definition) is 1. The minimum absolute atomic E-state index is 0.0144. The topological polar surface area (TPSA) is 23.5 Å². The Morgan fingerprint density at radius 2 is 1.51 bits per heavy atom. The molecule has 3 aromatic rings. The molecule has 3 aromatic carbocycles. The van der Waals surface area contributed by atoms with E-state index in [9.17, 15) is 5.11 Å². The first-order chi connectivity index (χ1) is 23.8. The largest absolute Gasteiger partial charge is 0.387 e. The van der Waals surface area contributed by atoms with Crippen molar-refractivity contribution in [3.05, 3.63) is 91.9 Å². The van der Waals surface area contributed by atoms with Crippen molar-refractivity contribution in [2.24, 2.45) is 0 Å². The highest BCUT2D eigenvalue weighted by Gasteiger charge is 2.29. The van der Waals surface area contributed by atoms with E-state index in [1.165, 1.54) is 18.2 Å². The Morgan fingerprint density at radius 1 is 0.857 bits per heavy atom. The summed E-state index contributed by atoms with van der Waals surface area (Å²) in [4.78, 5) is -0.409. The average Bonchev–Trinajstić information content (AvgIpc) is 3.30. The number of fused-ring (bicyclic) bond motifs is 3. The van der Waals surface area contributed by atoms with E-state index in [1.807, 2.05) is 0 Å². The Morgan fingerprint density at radius 3 is 2.20 bits per heavy atom. The molecule has 0 saturated heterocycles. The molecule has 0 aliphatic heterocycles. The van der Waals surface area contributed by atoms with Gasteiger partial charge in [-0.2, -0.15) is 0 Å². The molecule has 0 amide bonds. The van der Waals surface area contributed by atoms with Crippen LogP contribution in [-0.4, -0.2) is 29.5 Å². The quantitative estimate of drug-likeness (QED) is 0.214. The highest BCUT2D eigenvalue weighted by molar-refractivity contribution is 6.32. The SMILES string of the molecule is [2H]C([2H])([2H])C([2H])([2H])C([2H])([2H])C([2H])([2H])N(CC(O)c1cc(Cl)cc2c1-c1ccc(Cl)cc1/C2=C/c1ccc(Cl)cc1)C([2H])([2H])C([2H])([2H])C([2H])([2H])C([2H])([2H])[2H]. The molecule has 1 aliphatic rings. The van der Waals surface area contributed by atoms with Crippen LogP contribution in [0.15, 0.2) is 54.6 Å². The first-order valence-electron chi connectivity index (χ1n) is 19.3. The Bertz CT molecular complexity index is 1860. The zero-order valence-corrected chi connectivity index (χ0v) is 20.4. The smallest absolute Gasteiger partial charge is 0.0923 e. The predicted octanol–water partition coefficient (Wildman–Crippen LogP) is 9.15. The van der Waals surface area contributed by atoms with Gasteiger partial charge in [0, 0.05) is 46.3 Å². The van der Waals surface area contributed by atoms with Crippen LogP contribution in [0.1, 0.15) is 92.2 Å². The van der Waals surface area contributed by atoms with Gasteiger partial charge in [-0.15, -0.1) is 0 Å². The Kier molecular flexibility index (Phi) is 4.00. The summed E-state index contributed by atoms with van der Waals surface area (Å²) in [5.74, 6) is 0. The van der Waals surface area contributed by atoms with Gasteiger partial charge in [-0.3, -0.25) is 0 Å². The van der Waals surface area contributed by atoms with Crippen LogP contribution in [0.25, 0.3) is 22.8 Å². The fourth-order valence-electron chi connectivity index (χ4n) is 3.97. The number of aliphatic hydroxyl groups excluding tert-OH is 1. The summed E-state index contributed by atoms with van der Waals surface area (Å²) in [6.07, 6.45) is -17.2. The molecule has 1 atom stereocenters. The summed E-state index contributed by atoms with van der Waals surface area (Å²) in [5.41, 5.74) is 2.65. The van der Waals surface area contributed by atoms with Gasteiger partial charge in [0.25, 0.3) is 0 Å². The van der Waals surface area contributed by atoms with Crippen molar-refractivity contribution in [3.63, 3.8) is 0 Å². The van der Waals surface area contributed by atoms with Gasteiger partial charge in [-0.05, 0) is 107 Å². The van der Waals surface area contributed by atoms with Crippen molar-refractivity contribution in [3.8, 4) is 11.1 Å². The highest BCUT2D eigenvalue weighted by atomic mass is 35.5. The summed E-state index contributed by atoms with van der Waals surface area (Å²) in [5, 5.41) is 12.7. The lowest BCUT2D eigenvalue weighted by Gasteiger charge is -2.26. The molecule has 5 heteroatoms. The van der Waals surface area contributed by atoms with Crippen molar-refractivity contribution in [2.45, 2.75) is 45.3 Å². The molecule has 1 aliphatic carbocycles. The summed E-state index contributed by atoms with van der Waals surface area (Å²) in [7, 11) is 0. The van der Waals surface area contributed by atoms with Crippen LogP contribution in [0.4, 0.5) is 0 Å². The molecule has 4 rings (SSSR count). The molecule has 0 radical (unpaired) electrons. The first kappa shape index (κ1) is 11.7. The van der Waals surface area contributed by atoms with Crippen LogP contribution in [0, 0.1) is 0 Å². The van der Waals surface area contributed by atoms with Gasteiger partial charge in [0.2, 0.25) is 0 Å². The zero-order chi connectivity index (χ0) is 40.7. The van der Waals surface area contributed by atoms with Crippen LogP contribution >= 0.6 is 34.8 Å². The molecule has 35 heavy (non-hydrogen) atoms. The molecular weight excluding hydrogens is 497 g/mol. The molecule has 1 N–H and O–H groups in total. The second kappa shape index (κ2) is 12.0. The van der Waals surface area contributed by atoms with Gasteiger partial charge in [0.05, 0.1) is 6.10 Å². The van der Waals surface area contributed by atoms with Crippen molar-refractivity contribution in [1.29, 1.82) is 0 Å². The van der Waals surface area contributed by atoms with Crippen molar-refractivity contribution in [1.82, 2.24) is 4.90 Å². The van der Waals surface area contributed by atoms with Gasteiger partial charge < -0.3 is 10.0 Å². The fourth-order valence-corrected chi connectivity index (χ4v) is 4.49. The number of hydrogen-bond acceptors (Lipinski definition) is 2. The maximum atomic E-state index is 11.9. The number of rotatable bonds is 10. The molecule has 1 unspecified atom stereocenters. The van der Waals surface area contributed by atoms with E-state index in [2.05, 4.69) is 0 Å². The van der Waals surface area contributed by atoms with Crippen LogP contribution in [0.3, 0.4) is 0 Å². The second-order valence-corrected chi connectivity index (χ2v) is 8.88. The van der Waals surface area contributed by atoms with E-state index in [-0.39, 0.29) is 16.1 Å². The lowest BCUT2D eigenvalue weighted by molar-refractivity contribution is 0.111. The molecule has 0 saturated carbocycles. The van der Waals surface area contributed by atoms with E-state index < -0.39 is 69.7 Å². The molecule has 2 nitrogen and oxygen atoms in total. The lowest BCUT2D eigenvalue weighted by atomic mass is 9.94. The van der Waals surface area contributed by atoms with Gasteiger partial charge in [0.1, 0.15) is 0 Å². The van der Waals surface area contributed by atoms with Gasteiger partial charge in [-0.1, -0.05) is 79.5 Å². The summed E-state index contributed by atoms with van der Waals surface area (Å²) in [6.45, 7) is -17.8. The minimum Gasteiger partial charge on any atom is -0.387 e. The maximum absolute atomic E-state index is 11.9. The van der Waals surface area contributed by atoms with Crippen LogP contribution in [0.2, 0.25) is 15.1 Å². The number of benzene rings is 3. The van der Waals surface area contributed by atoms with Gasteiger partial charge in [-0.25, -0.2) is 0 Å². The predicted molar refractivity (Wildman–Crippen MR) is 152 cm³/mol. The molecule has 0 aromatic heterocycles. The second-order valence-electron chi connectivity index (χ2n) is 7.57. The van der Waals surface area contributed by atoms with Crippen LogP contribution in [-0.2, 0) is 0 Å². The van der Waals surface area contributed by atoms with E-state index in [1.54, 1.807) is 42.5 Å². The summed E-state index contributed by atoms with van der Waals surface area (Å²) < 4.78 is 147. The van der Waals surface area contributed by atoms with Crippen molar-refractivity contribution in [2.75, 3.05) is 19.5 Å². The fraction of sp³-hybridized carbons (Fsp3) is 0.333. The minimum atomic E-state index is -4.27. The van der Waals surface area contributed by atoms with Crippen LogP contribution < -0.4 is 0 Å².